The van der Waals surface area contributed by atoms with E-state index in [1.54, 1.807) is 7.11 Å². The number of nitrogens with one attached hydrogen (secondary N) is 2. The van der Waals surface area contributed by atoms with Gasteiger partial charge in [-0.2, -0.15) is 5.26 Å². The van der Waals surface area contributed by atoms with Crippen molar-refractivity contribution in [3.8, 4) is 11.2 Å². The lowest BCUT2D eigenvalue weighted by Gasteiger charge is -2.11. The second-order valence-corrected chi connectivity index (χ2v) is 5.29. The van der Waals surface area contributed by atoms with E-state index in [9.17, 15) is 0 Å². The third-order valence-corrected chi connectivity index (χ3v) is 3.43. The van der Waals surface area contributed by atoms with Gasteiger partial charge in [-0.05, 0) is 72.5 Å². The van der Waals surface area contributed by atoms with Gasteiger partial charge in [0.05, 0.1) is 7.11 Å². The molecule has 0 aliphatic rings. The van der Waals surface area contributed by atoms with Crippen LogP contribution in [0.1, 0.15) is 0 Å². The number of methoxy groups -OCH3 is 1. The summed E-state index contributed by atoms with van der Waals surface area (Å²) in [6, 6.07) is 15.0. The van der Waals surface area contributed by atoms with Gasteiger partial charge >= 0.3 is 0 Å². The number of thioether (sulfide) groups is 1. The predicted molar refractivity (Wildman–Crippen MR) is 90.7 cm³/mol. The smallest absolute Gasteiger partial charge is 0.175 e. The zero-order valence-corrected chi connectivity index (χ0v) is 12.9. The normalized spacial score (nSPS) is 9.52. The van der Waals surface area contributed by atoms with Crippen molar-refractivity contribution >= 4 is 40.5 Å². The highest BCUT2D eigenvalue weighted by Crippen LogP contribution is 2.19. The van der Waals surface area contributed by atoms with Gasteiger partial charge < -0.3 is 15.4 Å². The predicted octanol–water partition coefficient (Wildman–Crippen LogP) is 4.08. The Morgan fingerprint density at radius 2 is 1.57 bits per heavy atom. The van der Waals surface area contributed by atoms with Gasteiger partial charge in [0, 0.05) is 16.3 Å². The van der Waals surface area contributed by atoms with E-state index in [2.05, 4.69) is 10.6 Å². The third-order valence-electron chi connectivity index (χ3n) is 2.62. The minimum atomic E-state index is 0.501. The zero-order valence-electron chi connectivity index (χ0n) is 11.3. The Kier molecular flexibility index (Phi) is 5.43. The first-order chi connectivity index (χ1) is 10.2. The Labute approximate surface area is 133 Å². The molecule has 6 heteroatoms. The SMILES string of the molecule is COc1ccc(NC(=S)Nc2ccc(SC#N)cc2)cc1. The summed E-state index contributed by atoms with van der Waals surface area (Å²) in [7, 11) is 1.63. The fourth-order valence-electron chi connectivity index (χ4n) is 1.63. The van der Waals surface area contributed by atoms with Crippen molar-refractivity contribution in [2.24, 2.45) is 0 Å². The molecule has 0 amide bonds. The van der Waals surface area contributed by atoms with Gasteiger partial charge in [-0.25, -0.2) is 0 Å². The first kappa shape index (κ1) is 15.2. The van der Waals surface area contributed by atoms with Crippen molar-refractivity contribution in [1.82, 2.24) is 0 Å². The molecule has 0 spiro atoms. The summed E-state index contributed by atoms with van der Waals surface area (Å²) in [6.45, 7) is 0. The molecular formula is C15H13N3OS2. The molecule has 21 heavy (non-hydrogen) atoms. The number of rotatable bonds is 4. The number of hydrogen-bond donors (Lipinski definition) is 2. The molecule has 0 aliphatic carbocycles. The molecule has 0 aliphatic heterocycles. The number of thiocarbonyl (C=S) groups is 1. The third kappa shape index (κ3) is 4.67. The highest BCUT2D eigenvalue weighted by atomic mass is 32.2. The molecule has 4 nitrogen and oxygen atoms in total. The first-order valence-corrected chi connectivity index (χ1v) is 7.32. The molecule has 0 saturated carbocycles. The minimum Gasteiger partial charge on any atom is -0.497 e. The lowest BCUT2D eigenvalue weighted by atomic mass is 10.3. The number of thiocyanates is 1. The summed E-state index contributed by atoms with van der Waals surface area (Å²) < 4.78 is 5.10. The average molecular weight is 315 g/mol. The Balaban J connectivity index is 1.93. The number of hydrogen-bond acceptors (Lipinski definition) is 4. The standard InChI is InChI=1S/C15H13N3OS2/c1-19-13-6-2-11(3-7-13)17-15(20)18-12-4-8-14(9-5-12)21-10-16/h2-9H,1H3,(H2,17,18,20). The van der Waals surface area contributed by atoms with E-state index in [-0.39, 0.29) is 0 Å². The van der Waals surface area contributed by atoms with Crippen molar-refractivity contribution in [2.75, 3.05) is 17.7 Å². The highest BCUT2D eigenvalue weighted by molar-refractivity contribution is 8.03. The highest BCUT2D eigenvalue weighted by Gasteiger charge is 2.00. The molecule has 2 rings (SSSR count). The second kappa shape index (κ2) is 7.53. The molecular weight excluding hydrogens is 302 g/mol. The van der Waals surface area contributed by atoms with Crippen molar-refractivity contribution in [3.63, 3.8) is 0 Å². The molecule has 0 saturated heterocycles. The summed E-state index contributed by atoms with van der Waals surface area (Å²) in [5, 5.41) is 17.3. The van der Waals surface area contributed by atoms with Crippen molar-refractivity contribution in [1.29, 1.82) is 5.26 Å². The number of nitrogens with zero attached hydrogens (tertiary/aromatic N) is 1. The topological polar surface area (TPSA) is 57.1 Å². The maximum absolute atomic E-state index is 8.59. The summed E-state index contributed by atoms with van der Waals surface area (Å²) in [6.07, 6.45) is 0. The molecule has 0 bridgehead atoms. The van der Waals surface area contributed by atoms with E-state index >= 15 is 0 Å². The lowest BCUT2D eigenvalue weighted by Crippen LogP contribution is -2.18. The van der Waals surface area contributed by atoms with Gasteiger partial charge in [0.15, 0.2) is 5.11 Å². The molecule has 0 unspecified atom stereocenters. The van der Waals surface area contributed by atoms with Crippen molar-refractivity contribution in [2.45, 2.75) is 4.90 Å². The molecule has 0 atom stereocenters. The van der Waals surface area contributed by atoms with Gasteiger partial charge in [-0.15, -0.1) is 0 Å². The molecule has 0 aromatic heterocycles. The van der Waals surface area contributed by atoms with Crippen LogP contribution in [0.25, 0.3) is 0 Å². The molecule has 2 aromatic rings. The van der Waals surface area contributed by atoms with E-state index < -0.39 is 0 Å². The molecule has 2 aromatic carbocycles. The van der Waals surface area contributed by atoms with Crippen molar-refractivity contribution in [3.05, 3.63) is 48.5 Å². The fraction of sp³-hybridized carbons (Fsp3) is 0.0667. The van der Waals surface area contributed by atoms with Crippen LogP contribution in [-0.2, 0) is 0 Å². The lowest BCUT2D eigenvalue weighted by molar-refractivity contribution is 0.415. The first-order valence-electron chi connectivity index (χ1n) is 6.09. The van der Waals surface area contributed by atoms with Crippen LogP contribution in [0.2, 0.25) is 0 Å². The average Bonchev–Trinajstić information content (AvgIpc) is 2.50. The second-order valence-electron chi connectivity index (χ2n) is 4.03. The zero-order chi connectivity index (χ0) is 15.1. The molecule has 106 valence electrons. The van der Waals surface area contributed by atoms with E-state index in [1.165, 1.54) is 0 Å². The van der Waals surface area contributed by atoms with Crippen LogP contribution in [0.4, 0.5) is 11.4 Å². The van der Waals surface area contributed by atoms with E-state index in [0.717, 1.165) is 33.8 Å². The maximum Gasteiger partial charge on any atom is 0.175 e. The summed E-state index contributed by atoms with van der Waals surface area (Å²) >= 11 is 6.38. The molecule has 0 heterocycles. The molecule has 0 radical (unpaired) electrons. The van der Waals surface area contributed by atoms with E-state index in [1.807, 2.05) is 53.9 Å². The van der Waals surface area contributed by atoms with Crippen LogP contribution in [0.15, 0.2) is 53.4 Å². The number of anilines is 2. The Morgan fingerprint density at radius 3 is 2.05 bits per heavy atom. The van der Waals surface area contributed by atoms with Gasteiger partial charge in [-0.3, -0.25) is 0 Å². The largest absolute Gasteiger partial charge is 0.497 e. The van der Waals surface area contributed by atoms with Crippen LogP contribution in [0.3, 0.4) is 0 Å². The summed E-state index contributed by atoms with van der Waals surface area (Å²) in [4.78, 5) is 0.900. The Morgan fingerprint density at radius 1 is 1.05 bits per heavy atom. The minimum absolute atomic E-state index is 0.501. The van der Waals surface area contributed by atoms with Crippen LogP contribution in [0.5, 0.6) is 5.75 Å². The number of ether oxygens (including phenoxy) is 1. The van der Waals surface area contributed by atoms with Crippen LogP contribution < -0.4 is 15.4 Å². The maximum atomic E-state index is 8.59. The van der Waals surface area contributed by atoms with Crippen LogP contribution >= 0.6 is 24.0 Å². The Hall–Kier alpha value is -2.23. The van der Waals surface area contributed by atoms with Crippen LogP contribution in [-0.4, -0.2) is 12.2 Å². The number of nitriles is 1. The summed E-state index contributed by atoms with van der Waals surface area (Å²) in [5.74, 6) is 0.796. The quantitative estimate of drug-likeness (QED) is 0.504. The van der Waals surface area contributed by atoms with E-state index in [4.69, 9.17) is 22.2 Å². The molecule has 0 fully saturated rings. The van der Waals surface area contributed by atoms with Gasteiger partial charge in [0.2, 0.25) is 0 Å². The van der Waals surface area contributed by atoms with E-state index in [0.29, 0.717) is 5.11 Å². The van der Waals surface area contributed by atoms with Crippen LogP contribution in [0, 0.1) is 10.7 Å². The van der Waals surface area contributed by atoms with Gasteiger partial charge in [0.1, 0.15) is 11.2 Å². The number of benzene rings is 2. The van der Waals surface area contributed by atoms with Crippen molar-refractivity contribution < 1.29 is 4.74 Å². The van der Waals surface area contributed by atoms with Gasteiger partial charge in [0.25, 0.3) is 0 Å². The fourth-order valence-corrected chi connectivity index (χ4v) is 2.24. The Bertz CT molecular complexity index is 648. The summed E-state index contributed by atoms with van der Waals surface area (Å²) in [5.41, 5.74) is 1.74. The molecule has 2 N–H and O–H groups in total. The monoisotopic (exact) mass is 315 g/mol. The van der Waals surface area contributed by atoms with Gasteiger partial charge in [-0.1, -0.05) is 0 Å².